The van der Waals surface area contributed by atoms with Gasteiger partial charge in [0.25, 0.3) is 0 Å². The van der Waals surface area contributed by atoms with E-state index in [2.05, 4.69) is 10.2 Å². The van der Waals surface area contributed by atoms with Crippen LogP contribution in [0.4, 0.5) is 14.9 Å². The lowest BCUT2D eigenvalue weighted by Crippen LogP contribution is -2.42. The molecule has 0 aromatic heterocycles. The number of urea groups is 1. The van der Waals surface area contributed by atoms with E-state index in [0.29, 0.717) is 32.6 Å². The molecular weight excluding hydrogens is 301 g/mol. The minimum absolute atomic E-state index is 0.0542. The summed E-state index contributed by atoms with van der Waals surface area (Å²) in [5.41, 5.74) is 0.954. The highest BCUT2D eigenvalue weighted by Gasteiger charge is 2.19. The van der Waals surface area contributed by atoms with E-state index in [0.717, 1.165) is 18.7 Å². The smallest absolute Gasteiger partial charge is 0.317 e. The first-order valence-corrected chi connectivity index (χ1v) is 7.81. The van der Waals surface area contributed by atoms with E-state index in [9.17, 15) is 14.0 Å². The number of hydrogen-bond donors (Lipinski definition) is 2. The summed E-state index contributed by atoms with van der Waals surface area (Å²) in [6.07, 6.45) is 1.31. The number of carbonyl (C=O) groups excluding carboxylic acids is 1. The Morgan fingerprint density at radius 3 is 2.57 bits per heavy atom. The summed E-state index contributed by atoms with van der Waals surface area (Å²) in [7, 11) is 0. The molecule has 1 heterocycles. The summed E-state index contributed by atoms with van der Waals surface area (Å²) < 4.78 is 13.0. The molecule has 1 saturated heterocycles. The van der Waals surface area contributed by atoms with Gasteiger partial charge in [0.05, 0.1) is 0 Å². The number of benzene rings is 1. The zero-order valence-corrected chi connectivity index (χ0v) is 13.0. The zero-order valence-electron chi connectivity index (χ0n) is 13.0. The van der Waals surface area contributed by atoms with Gasteiger partial charge in [-0.25, -0.2) is 9.18 Å². The molecule has 1 fully saturated rings. The molecule has 2 N–H and O–H groups in total. The number of carbonyl (C=O) groups is 2. The molecule has 0 radical (unpaired) electrons. The van der Waals surface area contributed by atoms with Gasteiger partial charge in [-0.15, -0.1) is 0 Å². The summed E-state index contributed by atoms with van der Waals surface area (Å²) in [6.45, 7) is 3.11. The second-order valence-corrected chi connectivity index (χ2v) is 5.53. The van der Waals surface area contributed by atoms with Crippen LogP contribution in [0.15, 0.2) is 24.3 Å². The highest BCUT2D eigenvalue weighted by molar-refractivity contribution is 5.74. The van der Waals surface area contributed by atoms with Gasteiger partial charge < -0.3 is 20.2 Å². The van der Waals surface area contributed by atoms with Crippen LogP contribution in [0.3, 0.4) is 0 Å². The molecule has 1 aliphatic rings. The fourth-order valence-corrected chi connectivity index (χ4v) is 2.58. The van der Waals surface area contributed by atoms with Crippen molar-refractivity contribution >= 4 is 17.7 Å². The summed E-state index contributed by atoms with van der Waals surface area (Å²) >= 11 is 0. The molecule has 6 nitrogen and oxygen atoms in total. The molecule has 23 heavy (non-hydrogen) atoms. The first kappa shape index (κ1) is 17.1. The standard InChI is InChI=1S/C16H22FN3O3/c17-13-4-6-14(7-5-13)19-9-2-10-20(12-11-19)16(23)18-8-1-3-15(21)22/h4-7H,1-3,8-12H2,(H,18,23)(H,21,22). The quantitative estimate of drug-likeness (QED) is 0.812. The van der Waals surface area contributed by atoms with Crippen LogP contribution in [0.1, 0.15) is 19.3 Å². The summed E-state index contributed by atoms with van der Waals surface area (Å²) in [5, 5.41) is 11.3. The molecule has 7 heteroatoms. The summed E-state index contributed by atoms with van der Waals surface area (Å²) in [5.74, 6) is -1.12. The topological polar surface area (TPSA) is 72.9 Å². The van der Waals surface area contributed by atoms with Crippen LogP contribution in [0, 0.1) is 5.82 Å². The maximum Gasteiger partial charge on any atom is 0.317 e. The molecule has 1 aromatic carbocycles. The number of rotatable bonds is 5. The molecule has 0 unspecified atom stereocenters. The van der Waals surface area contributed by atoms with Crippen LogP contribution in [-0.4, -0.2) is 54.7 Å². The van der Waals surface area contributed by atoms with Crippen molar-refractivity contribution in [2.45, 2.75) is 19.3 Å². The SMILES string of the molecule is O=C(O)CCCNC(=O)N1CCCN(c2ccc(F)cc2)CC1. The maximum absolute atomic E-state index is 13.0. The average molecular weight is 323 g/mol. The van der Waals surface area contributed by atoms with E-state index in [1.165, 1.54) is 12.1 Å². The molecule has 1 aromatic rings. The van der Waals surface area contributed by atoms with Crippen molar-refractivity contribution in [1.29, 1.82) is 0 Å². The third kappa shape index (κ3) is 5.43. The van der Waals surface area contributed by atoms with Crippen molar-refractivity contribution in [3.05, 3.63) is 30.1 Å². The van der Waals surface area contributed by atoms with E-state index >= 15 is 0 Å². The van der Waals surface area contributed by atoms with Crippen molar-refractivity contribution in [3.8, 4) is 0 Å². The predicted molar refractivity (Wildman–Crippen MR) is 85.1 cm³/mol. The summed E-state index contributed by atoms with van der Waals surface area (Å²) in [6, 6.07) is 6.21. The second kappa shape index (κ2) is 8.36. The third-order valence-electron chi connectivity index (χ3n) is 3.82. The van der Waals surface area contributed by atoms with E-state index in [4.69, 9.17) is 5.11 Å². The van der Waals surface area contributed by atoms with Crippen molar-refractivity contribution in [1.82, 2.24) is 10.2 Å². The monoisotopic (exact) mass is 323 g/mol. The number of nitrogens with one attached hydrogen (secondary N) is 1. The van der Waals surface area contributed by atoms with Gasteiger partial charge in [-0.05, 0) is 37.1 Å². The minimum atomic E-state index is -0.857. The molecule has 0 saturated carbocycles. The second-order valence-electron chi connectivity index (χ2n) is 5.53. The van der Waals surface area contributed by atoms with E-state index < -0.39 is 5.97 Å². The van der Waals surface area contributed by atoms with Crippen LogP contribution < -0.4 is 10.2 Å². The highest BCUT2D eigenvalue weighted by atomic mass is 19.1. The number of nitrogens with zero attached hydrogens (tertiary/aromatic N) is 2. The van der Waals surface area contributed by atoms with E-state index in [1.54, 1.807) is 17.0 Å². The number of carboxylic acids is 1. The molecule has 0 spiro atoms. The predicted octanol–water partition coefficient (Wildman–Crippen LogP) is 1.91. The fourth-order valence-electron chi connectivity index (χ4n) is 2.58. The zero-order chi connectivity index (χ0) is 16.7. The molecule has 1 aliphatic heterocycles. The Morgan fingerprint density at radius 2 is 1.87 bits per heavy atom. The number of amides is 2. The Hall–Kier alpha value is -2.31. The van der Waals surface area contributed by atoms with Crippen LogP contribution in [0.2, 0.25) is 0 Å². The van der Waals surface area contributed by atoms with Gasteiger partial charge >= 0.3 is 12.0 Å². The van der Waals surface area contributed by atoms with Crippen LogP contribution in [0.25, 0.3) is 0 Å². The van der Waals surface area contributed by atoms with Gasteiger partial charge in [0.2, 0.25) is 0 Å². The van der Waals surface area contributed by atoms with E-state index in [1.807, 2.05) is 0 Å². The normalized spacial score (nSPS) is 15.2. The molecule has 2 rings (SSSR count). The van der Waals surface area contributed by atoms with Gasteiger partial charge in [0.1, 0.15) is 5.82 Å². The first-order chi connectivity index (χ1) is 11.1. The van der Waals surface area contributed by atoms with Gasteiger partial charge in [-0.2, -0.15) is 0 Å². The summed E-state index contributed by atoms with van der Waals surface area (Å²) in [4.78, 5) is 26.4. The lowest BCUT2D eigenvalue weighted by molar-refractivity contribution is -0.137. The fraction of sp³-hybridized carbons (Fsp3) is 0.500. The highest BCUT2D eigenvalue weighted by Crippen LogP contribution is 2.17. The Bertz CT molecular complexity index is 536. The van der Waals surface area contributed by atoms with Crippen molar-refractivity contribution in [3.63, 3.8) is 0 Å². The molecule has 126 valence electrons. The van der Waals surface area contributed by atoms with Gasteiger partial charge in [-0.1, -0.05) is 0 Å². The van der Waals surface area contributed by atoms with Gasteiger partial charge in [0, 0.05) is 44.8 Å². The van der Waals surface area contributed by atoms with Crippen LogP contribution >= 0.6 is 0 Å². The Labute approximate surface area is 134 Å². The number of carboxylic acid groups (broad SMARTS) is 1. The molecule has 0 bridgehead atoms. The molecule has 0 aliphatic carbocycles. The van der Waals surface area contributed by atoms with Crippen molar-refractivity contribution in [2.75, 3.05) is 37.6 Å². The third-order valence-corrected chi connectivity index (χ3v) is 3.82. The van der Waals surface area contributed by atoms with E-state index in [-0.39, 0.29) is 18.3 Å². The largest absolute Gasteiger partial charge is 0.481 e. The van der Waals surface area contributed by atoms with Gasteiger partial charge in [0.15, 0.2) is 0 Å². The number of hydrogen-bond acceptors (Lipinski definition) is 3. The van der Waals surface area contributed by atoms with Gasteiger partial charge in [-0.3, -0.25) is 4.79 Å². The number of halogens is 1. The maximum atomic E-state index is 13.0. The molecular formula is C16H22FN3O3. The van der Waals surface area contributed by atoms with Crippen LogP contribution in [0.5, 0.6) is 0 Å². The lowest BCUT2D eigenvalue weighted by atomic mass is 10.2. The Morgan fingerprint density at radius 1 is 1.13 bits per heavy atom. The molecule has 2 amide bonds. The number of anilines is 1. The minimum Gasteiger partial charge on any atom is -0.481 e. The van der Waals surface area contributed by atoms with Crippen molar-refractivity contribution < 1.29 is 19.1 Å². The van der Waals surface area contributed by atoms with Crippen LogP contribution in [-0.2, 0) is 4.79 Å². The molecule has 0 atom stereocenters. The Balaban J connectivity index is 1.79. The average Bonchev–Trinajstić information content (AvgIpc) is 2.78. The lowest BCUT2D eigenvalue weighted by Gasteiger charge is -2.24. The Kier molecular flexibility index (Phi) is 6.19. The first-order valence-electron chi connectivity index (χ1n) is 7.81. The van der Waals surface area contributed by atoms with Crippen molar-refractivity contribution in [2.24, 2.45) is 0 Å². The number of aliphatic carboxylic acids is 1.